The van der Waals surface area contributed by atoms with Gasteiger partial charge in [0.25, 0.3) is 0 Å². The summed E-state index contributed by atoms with van der Waals surface area (Å²) in [5.74, 6) is 0.497. The summed E-state index contributed by atoms with van der Waals surface area (Å²) in [7, 11) is 0. The van der Waals surface area contributed by atoms with Crippen LogP contribution in [0.5, 0.6) is 5.75 Å². The van der Waals surface area contributed by atoms with Crippen molar-refractivity contribution in [2.75, 3.05) is 12.5 Å². The van der Waals surface area contributed by atoms with E-state index in [-0.39, 0.29) is 17.9 Å². The molecule has 3 rings (SSSR count). The maximum atomic E-state index is 12.4. The van der Waals surface area contributed by atoms with E-state index in [2.05, 4.69) is 0 Å². The Morgan fingerprint density at radius 2 is 1.90 bits per heavy atom. The number of para-hydroxylation sites is 2. The van der Waals surface area contributed by atoms with Crippen molar-refractivity contribution in [2.24, 2.45) is 0 Å². The Morgan fingerprint density at radius 1 is 1.14 bits per heavy atom. The Bertz CT molecular complexity index is 840. The molecule has 1 aromatic heterocycles. The zero-order chi connectivity index (χ0) is 14.8. The first-order chi connectivity index (χ1) is 10.2. The Hall–Kier alpha value is -2.04. The van der Waals surface area contributed by atoms with Crippen LogP contribution in [0.3, 0.4) is 0 Å². The monoisotopic (exact) mass is 304 g/mol. The summed E-state index contributed by atoms with van der Waals surface area (Å²) in [6.45, 7) is 0.0408. The molecule has 0 amide bonds. The van der Waals surface area contributed by atoms with E-state index in [1.54, 1.807) is 42.5 Å². The van der Waals surface area contributed by atoms with Crippen molar-refractivity contribution in [2.45, 2.75) is 6.10 Å². The number of alkyl halides is 1. The van der Waals surface area contributed by atoms with Gasteiger partial charge in [0, 0.05) is 0 Å². The summed E-state index contributed by atoms with van der Waals surface area (Å²) >= 11 is 5.54. The highest BCUT2D eigenvalue weighted by molar-refractivity contribution is 6.18. The van der Waals surface area contributed by atoms with Crippen molar-refractivity contribution in [3.05, 3.63) is 52.7 Å². The fourth-order valence-electron chi connectivity index (χ4n) is 2.14. The Morgan fingerprint density at radius 3 is 2.71 bits per heavy atom. The minimum absolute atomic E-state index is 0.0408. The lowest BCUT2D eigenvalue weighted by atomic mass is 10.1. The molecule has 3 aromatic rings. The number of hydrogen-bond donors (Lipinski definition) is 1. The van der Waals surface area contributed by atoms with Gasteiger partial charge in [0.05, 0.1) is 16.7 Å². The van der Waals surface area contributed by atoms with Gasteiger partial charge in [-0.2, -0.15) is 0 Å². The second kappa shape index (κ2) is 5.76. The number of aliphatic hydroxyl groups is 1. The van der Waals surface area contributed by atoms with Crippen molar-refractivity contribution >= 4 is 33.5 Å². The number of aliphatic hydroxyl groups excluding tert-OH is 1. The van der Waals surface area contributed by atoms with E-state index in [0.29, 0.717) is 27.7 Å². The molecule has 1 N–H and O–H groups in total. The van der Waals surface area contributed by atoms with Crippen molar-refractivity contribution < 1.29 is 14.3 Å². The van der Waals surface area contributed by atoms with Crippen LogP contribution in [-0.4, -0.2) is 23.7 Å². The van der Waals surface area contributed by atoms with Crippen molar-refractivity contribution in [3.8, 4) is 5.75 Å². The van der Waals surface area contributed by atoms with E-state index in [9.17, 15) is 9.90 Å². The van der Waals surface area contributed by atoms with Crippen LogP contribution >= 0.6 is 11.6 Å². The first-order valence-electron chi connectivity index (χ1n) is 6.52. The van der Waals surface area contributed by atoms with Crippen LogP contribution in [0.2, 0.25) is 0 Å². The first-order valence-corrected chi connectivity index (χ1v) is 7.05. The van der Waals surface area contributed by atoms with E-state index < -0.39 is 6.10 Å². The first kappa shape index (κ1) is 13.9. The fraction of sp³-hybridized carbons (Fsp3) is 0.188. The van der Waals surface area contributed by atoms with Crippen LogP contribution in [0.4, 0.5) is 0 Å². The average molecular weight is 305 g/mol. The summed E-state index contributed by atoms with van der Waals surface area (Å²) in [6, 6.07) is 12.2. The van der Waals surface area contributed by atoms with Gasteiger partial charge >= 0.3 is 0 Å². The molecule has 1 atom stereocenters. The molecule has 0 spiro atoms. The predicted octanol–water partition coefficient (Wildman–Crippen LogP) is 2.92. The van der Waals surface area contributed by atoms with Gasteiger partial charge in [-0.25, -0.2) is 0 Å². The minimum atomic E-state index is -0.769. The molecule has 5 heteroatoms. The molecule has 0 radical (unpaired) electrons. The number of benzene rings is 2. The average Bonchev–Trinajstić information content (AvgIpc) is 2.53. The van der Waals surface area contributed by atoms with Crippen LogP contribution in [0.25, 0.3) is 21.9 Å². The van der Waals surface area contributed by atoms with Crippen molar-refractivity contribution in [3.63, 3.8) is 0 Å². The van der Waals surface area contributed by atoms with Gasteiger partial charge in [0.2, 0.25) is 5.43 Å². The van der Waals surface area contributed by atoms with E-state index >= 15 is 0 Å². The van der Waals surface area contributed by atoms with Gasteiger partial charge in [-0.3, -0.25) is 4.79 Å². The summed E-state index contributed by atoms with van der Waals surface area (Å²) in [6.07, 6.45) is -0.769. The molecular formula is C16H13ClO4. The lowest BCUT2D eigenvalue weighted by Gasteiger charge is -2.11. The lowest BCUT2D eigenvalue weighted by Crippen LogP contribution is -2.19. The molecule has 1 heterocycles. The topological polar surface area (TPSA) is 59.7 Å². The highest BCUT2D eigenvalue weighted by atomic mass is 35.5. The van der Waals surface area contributed by atoms with Gasteiger partial charge in [-0.15, -0.1) is 11.6 Å². The summed E-state index contributed by atoms with van der Waals surface area (Å²) in [5, 5.41) is 10.4. The van der Waals surface area contributed by atoms with Gasteiger partial charge < -0.3 is 14.3 Å². The van der Waals surface area contributed by atoms with Gasteiger partial charge in [0.15, 0.2) is 11.3 Å². The molecule has 2 aromatic carbocycles. The SMILES string of the molecule is O=c1c2ccccc2oc2c(OCC(O)CCl)cccc12. The van der Waals surface area contributed by atoms with Crippen LogP contribution in [0.1, 0.15) is 0 Å². The predicted molar refractivity (Wildman–Crippen MR) is 82.2 cm³/mol. The van der Waals surface area contributed by atoms with E-state index in [4.69, 9.17) is 20.8 Å². The van der Waals surface area contributed by atoms with E-state index in [0.717, 1.165) is 0 Å². The van der Waals surface area contributed by atoms with Crippen LogP contribution in [0.15, 0.2) is 51.7 Å². The number of hydrogen-bond acceptors (Lipinski definition) is 4. The molecule has 0 aliphatic carbocycles. The molecule has 1 unspecified atom stereocenters. The zero-order valence-electron chi connectivity index (χ0n) is 11.1. The smallest absolute Gasteiger partial charge is 0.200 e. The molecular weight excluding hydrogens is 292 g/mol. The molecule has 0 aliphatic heterocycles. The second-order valence-electron chi connectivity index (χ2n) is 4.68. The van der Waals surface area contributed by atoms with Crippen molar-refractivity contribution in [1.29, 1.82) is 0 Å². The Balaban J connectivity index is 2.16. The Kier molecular flexibility index (Phi) is 3.82. The van der Waals surface area contributed by atoms with Crippen LogP contribution in [0, 0.1) is 0 Å². The van der Waals surface area contributed by atoms with E-state index in [1.807, 2.05) is 0 Å². The Labute approximate surface area is 125 Å². The number of ether oxygens (including phenoxy) is 1. The maximum absolute atomic E-state index is 12.4. The third-order valence-corrected chi connectivity index (χ3v) is 3.53. The summed E-state index contributed by atoms with van der Waals surface area (Å²) in [4.78, 5) is 12.4. The summed E-state index contributed by atoms with van der Waals surface area (Å²) in [5.41, 5.74) is 0.780. The molecule has 108 valence electrons. The highest BCUT2D eigenvalue weighted by Crippen LogP contribution is 2.27. The quantitative estimate of drug-likeness (QED) is 0.595. The lowest BCUT2D eigenvalue weighted by molar-refractivity contribution is 0.125. The number of rotatable bonds is 4. The van der Waals surface area contributed by atoms with Crippen LogP contribution in [-0.2, 0) is 0 Å². The molecule has 4 nitrogen and oxygen atoms in total. The normalized spacial score (nSPS) is 12.7. The standard InChI is InChI=1S/C16H13ClO4/c17-8-10(18)9-20-14-7-3-5-12-15(19)11-4-1-2-6-13(11)21-16(12)14/h1-7,10,18H,8-9H2. The van der Waals surface area contributed by atoms with Crippen LogP contribution < -0.4 is 10.2 Å². The molecule has 0 aliphatic rings. The third kappa shape index (κ3) is 2.60. The minimum Gasteiger partial charge on any atom is -0.487 e. The van der Waals surface area contributed by atoms with Gasteiger partial charge in [0.1, 0.15) is 18.3 Å². The van der Waals surface area contributed by atoms with E-state index in [1.165, 1.54) is 0 Å². The largest absolute Gasteiger partial charge is 0.487 e. The molecule has 0 fully saturated rings. The highest BCUT2D eigenvalue weighted by Gasteiger charge is 2.12. The third-order valence-electron chi connectivity index (χ3n) is 3.18. The molecule has 0 saturated heterocycles. The second-order valence-corrected chi connectivity index (χ2v) is 4.99. The number of halogens is 1. The zero-order valence-corrected chi connectivity index (χ0v) is 11.8. The number of fused-ring (bicyclic) bond motifs is 2. The maximum Gasteiger partial charge on any atom is 0.200 e. The molecule has 0 bridgehead atoms. The summed E-state index contributed by atoms with van der Waals surface area (Å²) < 4.78 is 11.3. The fourth-order valence-corrected chi connectivity index (χ4v) is 2.23. The van der Waals surface area contributed by atoms with Crippen molar-refractivity contribution in [1.82, 2.24) is 0 Å². The molecule has 21 heavy (non-hydrogen) atoms. The molecule has 0 saturated carbocycles. The van der Waals surface area contributed by atoms with Gasteiger partial charge in [-0.05, 0) is 24.3 Å². The van der Waals surface area contributed by atoms with Gasteiger partial charge in [-0.1, -0.05) is 18.2 Å².